The van der Waals surface area contributed by atoms with Crippen molar-refractivity contribution in [2.24, 2.45) is 0 Å². The van der Waals surface area contributed by atoms with Crippen LogP contribution in [0.25, 0.3) is 0 Å². The van der Waals surface area contributed by atoms with E-state index in [2.05, 4.69) is 15.6 Å². The first-order valence-corrected chi connectivity index (χ1v) is 8.45. The fourth-order valence-electron chi connectivity index (χ4n) is 2.33. The van der Waals surface area contributed by atoms with Crippen LogP contribution in [0.5, 0.6) is 5.75 Å². The Labute approximate surface area is 160 Å². The van der Waals surface area contributed by atoms with Crippen LogP contribution < -0.4 is 15.4 Å². The zero-order valence-corrected chi connectivity index (χ0v) is 15.3. The molecule has 0 fully saturated rings. The van der Waals surface area contributed by atoms with Gasteiger partial charge in [-0.25, -0.2) is 4.98 Å². The van der Waals surface area contributed by atoms with Gasteiger partial charge in [0.25, 0.3) is 5.91 Å². The van der Waals surface area contributed by atoms with Crippen molar-refractivity contribution in [1.29, 1.82) is 0 Å². The van der Waals surface area contributed by atoms with Gasteiger partial charge in [-0.3, -0.25) is 4.79 Å². The highest BCUT2D eigenvalue weighted by molar-refractivity contribution is 6.31. The predicted molar refractivity (Wildman–Crippen MR) is 105 cm³/mol. The van der Waals surface area contributed by atoms with Gasteiger partial charge in [-0.05, 0) is 54.6 Å². The number of anilines is 3. The molecule has 0 bridgehead atoms. The summed E-state index contributed by atoms with van der Waals surface area (Å²) in [5.74, 6) is 0.599. The molecule has 0 radical (unpaired) electrons. The Kier molecular flexibility index (Phi) is 5.61. The van der Waals surface area contributed by atoms with Crippen LogP contribution in [0.1, 0.15) is 10.4 Å². The zero-order chi connectivity index (χ0) is 18.5. The van der Waals surface area contributed by atoms with E-state index in [9.17, 15) is 4.79 Å². The van der Waals surface area contributed by atoms with Crippen molar-refractivity contribution in [2.75, 3.05) is 17.7 Å². The van der Waals surface area contributed by atoms with Crippen LogP contribution in [0.4, 0.5) is 17.2 Å². The molecule has 0 aliphatic carbocycles. The highest BCUT2D eigenvalue weighted by Gasteiger charge is 2.15. The molecule has 0 spiro atoms. The summed E-state index contributed by atoms with van der Waals surface area (Å²) >= 11 is 11.9. The maximum atomic E-state index is 12.7. The molecule has 1 amide bonds. The summed E-state index contributed by atoms with van der Waals surface area (Å²) in [4.78, 5) is 17.0. The maximum absolute atomic E-state index is 12.7. The van der Waals surface area contributed by atoms with Crippen LogP contribution in [-0.4, -0.2) is 18.0 Å². The highest BCUT2D eigenvalue weighted by atomic mass is 35.5. The number of benzene rings is 2. The topological polar surface area (TPSA) is 63.2 Å². The number of carbonyl (C=O) groups is 1. The molecular weight excluding hydrogens is 373 g/mol. The molecule has 0 aliphatic heterocycles. The van der Waals surface area contributed by atoms with Gasteiger partial charge in [-0.15, -0.1) is 0 Å². The van der Waals surface area contributed by atoms with Crippen molar-refractivity contribution >= 4 is 46.3 Å². The molecule has 26 heavy (non-hydrogen) atoms. The van der Waals surface area contributed by atoms with Crippen LogP contribution in [0.2, 0.25) is 10.0 Å². The number of carbonyl (C=O) groups excluding carboxylic acids is 1. The van der Waals surface area contributed by atoms with Gasteiger partial charge in [0.05, 0.1) is 18.4 Å². The van der Waals surface area contributed by atoms with E-state index >= 15 is 0 Å². The number of rotatable bonds is 5. The van der Waals surface area contributed by atoms with Crippen LogP contribution >= 0.6 is 23.2 Å². The van der Waals surface area contributed by atoms with E-state index in [1.54, 1.807) is 60.8 Å². The van der Waals surface area contributed by atoms with Crippen LogP contribution in [0.15, 0.2) is 60.8 Å². The van der Waals surface area contributed by atoms with Crippen molar-refractivity contribution in [3.63, 3.8) is 0 Å². The van der Waals surface area contributed by atoms with Crippen molar-refractivity contribution in [3.05, 3.63) is 76.4 Å². The molecule has 0 atom stereocenters. The van der Waals surface area contributed by atoms with Crippen molar-refractivity contribution in [3.8, 4) is 5.75 Å². The fourth-order valence-corrected chi connectivity index (χ4v) is 2.62. The third kappa shape index (κ3) is 4.25. The van der Waals surface area contributed by atoms with Crippen LogP contribution in [-0.2, 0) is 0 Å². The standard InChI is InChI=1S/C19H15Cl2N3O2/c1-26-17-9-6-13(21)11-16(17)24-19(25)15-3-2-10-22-18(15)23-14-7-4-12(20)5-8-14/h2-11H,1H3,(H,22,23)(H,24,25). The monoisotopic (exact) mass is 387 g/mol. The first-order valence-electron chi connectivity index (χ1n) is 7.69. The van der Waals surface area contributed by atoms with Gasteiger partial charge in [0, 0.05) is 21.9 Å². The largest absolute Gasteiger partial charge is 0.495 e. The van der Waals surface area contributed by atoms with Gasteiger partial charge in [0.15, 0.2) is 0 Å². The average Bonchev–Trinajstić information content (AvgIpc) is 2.64. The number of ether oxygens (including phenoxy) is 1. The second-order valence-corrected chi connectivity index (χ2v) is 6.20. The minimum absolute atomic E-state index is 0.338. The van der Waals surface area contributed by atoms with Gasteiger partial charge >= 0.3 is 0 Å². The molecular formula is C19H15Cl2N3O2. The number of methoxy groups -OCH3 is 1. The fraction of sp³-hybridized carbons (Fsp3) is 0.0526. The third-order valence-corrected chi connectivity index (χ3v) is 4.06. The summed E-state index contributed by atoms with van der Waals surface area (Å²) in [6.45, 7) is 0. The Morgan fingerprint density at radius 2 is 1.77 bits per heavy atom. The normalized spacial score (nSPS) is 10.3. The van der Waals surface area contributed by atoms with Gasteiger partial charge in [-0.1, -0.05) is 23.2 Å². The lowest BCUT2D eigenvalue weighted by molar-refractivity contribution is 0.102. The molecule has 5 nitrogen and oxygen atoms in total. The quantitative estimate of drug-likeness (QED) is 0.615. The van der Waals surface area contributed by atoms with E-state index in [4.69, 9.17) is 27.9 Å². The SMILES string of the molecule is COc1ccc(Cl)cc1NC(=O)c1cccnc1Nc1ccc(Cl)cc1. The molecule has 132 valence electrons. The zero-order valence-electron chi connectivity index (χ0n) is 13.8. The number of nitrogens with zero attached hydrogens (tertiary/aromatic N) is 1. The lowest BCUT2D eigenvalue weighted by atomic mass is 10.2. The second-order valence-electron chi connectivity index (χ2n) is 5.33. The maximum Gasteiger partial charge on any atom is 0.259 e. The van der Waals surface area contributed by atoms with Gasteiger partial charge in [0.2, 0.25) is 0 Å². The van der Waals surface area contributed by atoms with Crippen molar-refractivity contribution in [2.45, 2.75) is 0 Å². The Morgan fingerprint density at radius 3 is 2.50 bits per heavy atom. The summed E-state index contributed by atoms with van der Waals surface area (Å²) in [5, 5.41) is 7.04. The smallest absolute Gasteiger partial charge is 0.259 e. The third-order valence-electron chi connectivity index (χ3n) is 3.57. The molecule has 1 aromatic heterocycles. The lowest BCUT2D eigenvalue weighted by Gasteiger charge is -2.13. The van der Waals surface area contributed by atoms with Gasteiger partial charge in [0.1, 0.15) is 11.6 Å². The minimum atomic E-state index is -0.338. The van der Waals surface area contributed by atoms with E-state index in [1.165, 1.54) is 7.11 Å². The molecule has 0 saturated carbocycles. The summed E-state index contributed by atoms with van der Waals surface area (Å²) in [6.07, 6.45) is 1.61. The Morgan fingerprint density at radius 1 is 1.04 bits per heavy atom. The molecule has 3 rings (SSSR count). The highest BCUT2D eigenvalue weighted by Crippen LogP contribution is 2.29. The Bertz CT molecular complexity index is 930. The number of amides is 1. The molecule has 0 aliphatic rings. The molecule has 7 heteroatoms. The summed E-state index contributed by atoms with van der Waals surface area (Å²) < 4.78 is 5.26. The summed E-state index contributed by atoms with van der Waals surface area (Å²) in [5.41, 5.74) is 1.62. The number of pyridine rings is 1. The van der Waals surface area contributed by atoms with Crippen molar-refractivity contribution in [1.82, 2.24) is 4.98 Å². The van der Waals surface area contributed by atoms with E-state index in [0.29, 0.717) is 32.9 Å². The Hall–Kier alpha value is -2.76. The molecule has 0 saturated heterocycles. The molecule has 2 N–H and O–H groups in total. The second kappa shape index (κ2) is 8.08. The van der Waals surface area contributed by atoms with Gasteiger partial charge < -0.3 is 15.4 Å². The molecule has 2 aromatic carbocycles. The minimum Gasteiger partial charge on any atom is -0.495 e. The molecule has 1 heterocycles. The Balaban J connectivity index is 1.86. The molecule has 3 aromatic rings. The van der Waals surface area contributed by atoms with Crippen LogP contribution in [0.3, 0.4) is 0 Å². The average molecular weight is 388 g/mol. The first kappa shape index (κ1) is 18.0. The van der Waals surface area contributed by atoms with Crippen LogP contribution in [0, 0.1) is 0 Å². The molecule has 0 unspecified atom stereocenters. The van der Waals surface area contributed by atoms with E-state index in [1.807, 2.05) is 0 Å². The number of halogens is 2. The number of hydrogen-bond donors (Lipinski definition) is 2. The van der Waals surface area contributed by atoms with Crippen molar-refractivity contribution < 1.29 is 9.53 Å². The summed E-state index contributed by atoms with van der Waals surface area (Å²) in [7, 11) is 1.52. The van der Waals surface area contributed by atoms with E-state index in [0.717, 1.165) is 5.69 Å². The number of hydrogen-bond acceptors (Lipinski definition) is 4. The van der Waals surface area contributed by atoms with E-state index < -0.39 is 0 Å². The predicted octanol–water partition coefficient (Wildman–Crippen LogP) is 5.39. The van der Waals surface area contributed by atoms with E-state index in [-0.39, 0.29) is 5.91 Å². The summed E-state index contributed by atoms with van der Waals surface area (Å²) in [6, 6.07) is 15.5. The number of aromatic nitrogens is 1. The van der Waals surface area contributed by atoms with Gasteiger partial charge in [-0.2, -0.15) is 0 Å². The number of nitrogens with one attached hydrogen (secondary N) is 2. The first-order chi connectivity index (χ1) is 12.6. The lowest BCUT2D eigenvalue weighted by Crippen LogP contribution is -2.15.